The monoisotopic (exact) mass is 552 g/mol. The third-order valence-corrected chi connectivity index (χ3v) is 12.5. The molecule has 208 valence electrons. The lowest BCUT2D eigenvalue weighted by molar-refractivity contribution is -0.142. The second-order valence-electron chi connectivity index (χ2n) is 11.1. The summed E-state index contributed by atoms with van der Waals surface area (Å²) in [4.78, 5) is 12.7. The van der Waals surface area contributed by atoms with Crippen molar-refractivity contribution in [3.8, 4) is 0 Å². The van der Waals surface area contributed by atoms with Crippen LogP contribution in [0.25, 0.3) is 0 Å². The molecule has 0 amide bonds. The van der Waals surface area contributed by atoms with Crippen molar-refractivity contribution < 1.29 is 18.7 Å². The van der Waals surface area contributed by atoms with E-state index < -0.39 is 8.32 Å². The van der Waals surface area contributed by atoms with Crippen LogP contribution >= 0.6 is 0 Å². The molecule has 0 radical (unpaired) electrons. The molecule has 0 saturated carbocycles. The Morgan fingerprint density at radius 3 is 1.68 bits per heavy atom. The van der Waals surface area contributed by atoms with Crippen molar-refractivity contribution >= 4 is 24.7 Å². The SMILES string of the molecule is COC(=O)C[C@H](c1ccccc1)[C@@H](CO[Si](c1ccccc1)(c1ccccc1)C(C)(C)C)OCc1ccccc1. The number of carbonyl (C=O) groups is 1. The van der Waals surface area contributed by atoms with Gasteiger partial charge in [-0.15, -0.1) is 0 Å². The maximum Gasteiger partial charge on any atom is 0.306 e. The average Bonchev–Trinajstić information content (AvgIpc) is 2.99. The molecule has 0 heterocycles. The lowest BCUT2D eigenvalue weighted by Crippen LogP contribution is -2.67. The number of rotatable bonds is 12. The Kier molecular flexibility index (Phi) is 10.1. The van der Waals surface area contributed by atoms with Gasteiger partial charge in [0.05, 0.1) is 32.8 Å². The number of hydrogen-bond donors (Lipinski definition) is 0. The summed E-state index contributed by atoms with van der Waals surface area (Å²) in [6, 6.07) is 41.4. The summed E-state index contributed by atoms with van der Waals surface area (Å²) in [6.45, 7) is 7.54. The van der Waals surface area contributed by atoms with E-state index >= 15 is 0 Å². The molecule has 0 aromatic heterocycles. The molecule has 0 saturated heterocycles. The Morgan fingerprint density at radius 2 is 1.20 bits per heavy atom. The number of esters is 1. The van der Waals surface area contributed by atoms with Gasteiger partial charge in [-0.2, -0.15) is 0 Å². The lowest BCUT2D eigenvalue weighted by atomic mass is 9.90. The maximum absolute atomic E-state index is 12.7. The molecule has 0 aliphatic carbocycles. The zero-order valence-corrected chi connectivity index (χ0v) is 25.0. The normalized spacial score (nSPS) is 13.4. The molecule has 5 heteroatoms. The van der Waals surface area contributed by atoms with Gasteiger partial charge in [0.15, 0.2) is 0 Å². The molecule has 0 spiro atoms. The average molecular weight is 553 g/mol. The first-order valence-electron chi connectivity index (χ1n) is 13.9. The van der Waals surface area contributed by atoms with Gasteiger partial charge < -0.3 is 13.9 Å². The molecule has 0 fully saturated rings. The van der Waals surface area contributed by atoms with Crippen molar-refractivity contribution in [3.05, 3.63) is 132 Å². The summed E-state index contributed by atoms with van der Waals surface area (Å²) in [7, 11) is -1.38. The molecule has 4 nitrogen and oxygen atoms in total. The summed E-state index contributed by atoms with van der Waals surface area (Å²) in [6.07, 6.45) is -0.187. The van der Waals surface area contributed by atoms with Crippen LogP contribution in [0.15, 0.2) is 121 Å². The van der Waals surface area contributed by atoms with Crippen LogP contribution in [-0.4, -0.2) is 34.1 Å². The van der Waals surface area contributed by atoms with E-state index in [0.29, 0.717) is 13.2 Å². The van der Waals surface area contributed by atoms with Crippen LogP contribution in [0.1, 0.15) is 44.2 Å². The Labute approximate surface area is 240 Å². The third kappa shape index (κ3) is 6.97. The zero-order chi connectivity index (χ0) is 28.4. The van der Waals surface area contributed by atoms with Gasteiger partial charge in [0.1, 0.15) is 0 Å². The zero-order valence-electron chi connectivity index (χ0n) is 24.0. The first kappa shape index (κ1) is 29.5. The number of methoxy groups -OCH3 is 1. The molecule has 2 atom stereocenters. The predicted molar refractivity (Wildman–Crippen MR) is 164 cm³/mol. The van der Waals surface area contributed by atoms with Crippen LogP contribution in [-0.2, 0) is 25.3 Å². The Bertz CT molecular complexity index is 1270. The molecule has 4 aromatic carbocycles. The van der Waals surface area contributed by atoms with Crippen molar-refractivity contribution in [3.63, 3.8) is 0 Å². The van der Waals surface area contributed by atoms with Crippen LogP contribution in [0, 0.1) is 0 Å². The van der Waals surface area contributed by atoms with Crippen LogP contribution in [0.5, 0.6) is 0 Å². The molecule has 0 bridgehead atoms. The molecule has 0 N–H and O–H groups in total. The van der Waals surface area contributed by atoms with Crippen LogP contribution in [0.2, 0.25) is 5.04 Å². The van der Waals surface area contributed by atoms with E-state index in [1.807, 2.05) is 48.5 Å². The van der Waals surface area contributed by atoms with Crippen molar-refractivity contribution in [1.29, 1.82) is 0 Å². The molecule has 4 aromatic rings. The summed E-state index contributed by atoms with van der Waals surface area (Å²) in [5, 5.41) is 2.24. The van der Waals surface area contributed by atoms with Gasteiger partial charge in [0.2, 0.25) is 0 Å². The minimum absolute atomic E-state index is 0.176. The van der Waals surface area contributed by atoms with E-state index in [0.717, 1.165) is 11.1 Å². The number of hydrogen-bond acceptors (Lipinski definition) is 4. The van der Waals surface area contributed by atoms with Crippen LogP contribution < -0.4 is 10.4 Å². The second-order valence-corrected chi connectivity index (χ2v) is 15.4. The molecule has 0 aliphatic heterocycles. The van der Waals surface area contributed by atoms with Gasteiger partial charge in [-0.3, -0.25) is 4.79 Å². The quantitative estimate of drug-likeness (QED) is 0.149. The third-order valence-electron chi connectivity index (χ3n) is 7.48. The summed E-state index contributed by atoms with van der Waals surface area (Å²) in [5.41, 5.74) is 2.10. The Morgan fingerprint density at radius 1 is 0.725 bits per heavy atom. The molecule has 0 unspecified atom stereocenters. The number of benzene rings is 4. The smallest absolute Gasteiger partial charge is 0.306 e. The fourth-order valence-corrected chi connectivity index (χ4v) is 10.0. The Hall–Kier alpha value is -3.51. The lowest BCUT2D eigenvalue weighted by Gasteiger charge is -2.44. The van der Waals surface area contributed by atoms with E-state index in [1.165, 1.54) is 17.5 Å². The molecule has 4 rings (SSSR count). The topological polar surface area (TPSA) is 44.8 Å². The summed E-state index contributed by atoms with van der Waals surface area (Å²) in [5.74, 6) is -0.511. The second kappa shape index (κ2) is 13.7. The molecular weight excluding hydrogens is 512 g/mol. The highest BCUT2D eigenvalue weighted by Gasteiger charge is 2.50. The fraction of sp³-hybridized carbons (Fsp3) is 0.286. The summed E-state index contributed by atoms with van der Waals surface area (Å²) >= 11 is 0. The van der Waals surface area contributed by atoms with Crippen molar-refractivity contribution in [2.24, 2.45) is 0 Å². The molecular formula is C35H40O4Si. The largest absolute Gasteiger partial charge is 0.469 e. The highest BCUT2D eigenvalue weighted by molar-refractivity contribution is 6.99. The first-order valence-corrected chi connectivity index (χ1v) is 15.8. The van der Waals surface area contributed by atoms with Crippen LogP contribution in [0.3, 0.4) is 0 Å². The van der Waals surface area contributed by atoms with Gasteiger partial charge in [0, 0.05) is 5.92 Å². The van der Waals surface area contributed by atoms with Gasteiger partial charge in [-0.25, -0.2) is 0 Å². The first-order chi connectivity index (χ1) is 19.3. The van der Waals surface area contributed by atoms with Crippen LogP contribution in [0.4, 0.5) is 0 Å². The standard InChI is InChI=1S/C35H40O4Si/c1-35(2,3)40(30-21-13-7-14-22-30,31-23-15-8-16-24-31)39-27-33(38-26-28-17-9-5-10-18-28)32(25-34(36)37-4)29-19-11-6-12-20-29/h5-24,32-33H,25-27H2,1-4H3/t32-,33-/m1/s1. The van der Waals surface area contributed by atoms with Crippen molar-refractivity contribution in [2.45, 2.75) is 50.9 Å². The number of carbonyl (C=O) groups excluding carboxylic acids is 1. The van der Waals surface area contributed by atoms with E-state index in [2.05, 4.69) is 93.6 Å². The van der Waals surface area contributed by atoms with Gasteiger partial charge >= 0.3 is 5.97 Å². The minimum atomic E-state index is -2.81. The Balaban J connectivity index is 1.77. The van der Waals surface area contributed by atoms with E-state index in [-0.39, 0.29) is 29.5 Å². The van der Waals surface area contributed by atoms with E-state index in [1.54, 1.807) is 0 Å². The highest BCUT2D eigenvalue weighted by Crippen LogP contribution is 2.38. The fourth-order valence-electron chi connectivity index (χ4n) is 5.45. The van der Waals surface area contributed by atoms with Crippen molar-refractivity contribution in [2.75, 3.05) is 13.7 Å². The molecule has 40 heavy (non-hydrogen) atoms. The van der Waals surface area contributed by atoms with Gasteiger partial charge in [0.25, 0.3) is 8.32 Å². The minimum Gasteiger partial charge on any atom is -0.469 e. The summed E-state index contributed by atoms with van der Waals surface area (Å²) < 4.78 is 19.1. The van der Waals surface area contributed by atoms with Crippen molar-refractivity contribution in [1.82, 2.24) is 0 Å². The predicted octanol–water partition coefficient (Wildman–Crippen LogP) is 6.50. The highest BCUT2D eigenvalue weighted by atomic mass is 28.4. The maximum atomic E-state index is 12.7. The van der Waals surface area contributed by atoms with E-state index in [4.69, 9.17) is 13.9 Å². The number of ether oxygens (including phenoxy) is 2. The van der Waals surface area contributed by atoms with E-state index in [9.17, 15) is 4.79 Å². The van der Waals surface area contributed by atoms with Gasteiger partial charge in [-0.1, -0.05) is 142 Å². The van der Waals surface area contributed by atoms with Gasteiger partial charge in [-0.05, 0) is 26.5 Å². The molecule has 0 aliphatic rings.